The maximum atomic E-state index is 2.35. The lowest BCUT2D eigenvalue weighted by atomic mass is 9.87. The molecule has 3 aromatic rings. The van der Waals surface area contributed by atoms with Gasteiger partial charge in [-0.25, -0.2) is 0 Å². The first-order chi connectivity index (χ1) is 11.9. The Balaban J connectivity index is 0.00000182. The van der Waals surface area contributed by atoms with Gasteiger partial charge in [-0.05, 0) is 55.2 Å². The molecule has 1 fully saturated rings. The van der Waals surface area contributed by atoms with E-state index >= 15 is 0 Å². The fraction of sp³-hybridized carbons (Fsp3) is 0.217. The summed E-state index contributed by atoms with van der Waals surface area (Å²) in [6.45, 7) is 0. The van der Waals surface area contributed by atoms with Crippen molar-refractivity contribution in [2.24, 2.45) is 5.92 Å². The molecule has 0 unspecified atom stereocenters. The van der Waals surface area contributed by atoms with Crippen LogP contribution in [0.3, 0.4) is 0 Å². The van der Waals surface area contributed by atoms with Crippen LogP contribution in [0.5, 0.6) is 0 Å². The molecule has 4 rings (SSSR count). The second-order valence-electron chi connectivity index (χ2n) is 6.80. The van der Waals surface area contributed by atoms with E-state index in [0.717, 1.165) is 5.92 Å². The van der Waals surface area contributed by atoms with Crippen LogP contribution in [0.2, 0.25) is 0 Å². The molecule has 0 heterocycles. The summed E-state index contributed by atoms with van der Waals surface area (Å²) in [4.78, 5) is 0. The summed E-state index contributed by atoms with van der Waals surface area (Å²) in [7, 11) is -1.57. The molecular formula is C23H24BrP. The standard InChI is InChI=1S/C23H24P.BrH/c1-4-13-21(14-5-1)24(19-20-11-10-12-20,22-15-6-2-7-16-22)23-17-8-3-9-18-23;/h1-9,13-18,20H,10-12,19H2;1H/q+1;/p-1. The highest BCUT2D eigenvalue weighted by Gasteiger charge is 2.47. The normalized spacial score (nSPS) is 14.4. The third kappa shape index (κ3) is 3.59. The molecule has 0 saturated heterocycles. The van der Waals surface area contributed by atoms with E-state index < -0.39 is 7.26 Å². The number of benzene rings is 3. The molecule has 1 aliphatic rings. The zero-order valence-electron chi connectivity index (χ0n) is 14.4. The Morgan fingerprint density at radius 2 is 0.960 bits per heavy atom. The van der Waals surface area contributed by atoms with E-state index in [1.165, 1.54) is 41.3 Å². The van der Waals surface area contributed by atoms with Crippen LogP contribution >= 0.6 is 7.26 Å². The van der Waals surface area contributed by atoms with E-state index in [0.29, 0.717) is 0 Å². The topological polar surface area (TPSA) is 0 Å². The average Bonchev–Trinajstić information content (AvgIpc) is 2.64. The molecule has 0 N–H and O–H groups in total. The summed E-state index contributed by atoms with van der Waals surface area (Å²) in [6, 6.07) is 33.8. The van der Waals surface area contributed by atoms with Crippen molar-refractivity contribution in [2.45, 2.75) is 19.3 Å². The zero-order chi connectivity index (χ0) is 16.2. The molecule has 2 heteroatoms. The van der Waals surface area contributed by atoms with Gasteiger partial charge in [0.05, 0.1) is 6.16 Å². The van der Waals surface area contributed by atoms with Crippen LogP contribution in [0.25, 0.3) is 0 Å². The van der Waals surface area contributed by atoms with Crippen molar-refractivity contribution in [3.63, 3.8) is 0 Å². The number of rotatable bonds is 5. The monoisotopic (exact) mass is 410 g/mol. The maximum Gasteiger partial charge on any atom is 0.112 e. The second kappa shape index (κ2) is 8.30. The van der Waals surface area contributed by atoms with Crippen molar-refractivity contribution in [2.75, 3.05) is 6.16 Å². The lowest BCUT2D eigenvalue weighted by Crippen LogP contribution is -3.00. The highest BCUT2D eigenvalue weighted by molar-refractivity contribution is 7.95. The van der Waals surface area contributed by atoms with E-state index in [9.17, 15) is 0 Å². The summed E-state index contributed by atoms with van der Waals surface area (Å²) >= 11 is 0. The first-order valence-corrected chi connectivity index (χ1v) is 10.9. The largest absolute Gasteiger partial charge is 1.00 e. The highest BCUT2D eigenvalue weighted by atomic mass is 79.9. The zero-order valence-corrected chi connectivity index (χ0v) is 16.9. The highest BCUT2D eigenvalue weighted by Crippen LogP contribution is 2.58. The SMILES string of the molecule is [Br-].c1ccc([P+](CC2CCC2)(c2ccccc2)c2ccccc2)cc1. The van der Waals surface area contributed by atoms with Crippen LogP contribution in [-0.4, -0.2) is 6.16 Å². The third-order valence-corrected chi connectivity index (χ3v) is 9.95. The Labute approximate surface area is 162 Å². The minimum atomic E-state index is -1.57. The average molecular weight is 411 g/mol. The lowest BCUT2D eigenvalue weighted by molar-refractivity contribution is -0.00000472. The Morgan fingerprint density at radius 1 is 0.600 bits per heavy atom. The van der Waals surface area contributed by atoms with E-state index in [-0.39, 0.29) is 17.0 Å². The van der Waals surface area contributed by atoms with Crippen molar-refractivity contribution < 1.29 is 17.0 Å². The molecule has 0 aliphatic heterocycles. The Kier molecular flexibility index (Phi) is 6.10. The molecule has 0 atom stereocenters. The van der Waals surface area contributed by atoms with Crippen molar-refractivity contribution in [1.82, 2.24) is 0 Å². The second-order valence-corrected chi connectivity index (χ2v) is 10.3. The minimum absolute atomic E-state index is 0. The Morgan fingerprint density at radius 3 is 1.24 bits per heavy atom. The molecule has 0 spiro atoms. The third-order valence-electron chi connectivity index (χ3n) is 5.35. The van der Waals surface area contributed by atoms with Gasteiger partial charge in [-0.3, -0.25) is 0 Å². The van der Waals surface area contributed by atoms with Gasteiger partial charge in [0, 0.05) is 0 Å². The van der Waals surface area contributed by atoms with Gasteiger partial charge in [-0.2, -0.15) is 0 Å². The molecule has 1 aliphatic carbocycles. The molecule has 25 heavy (non-hydrogen) atoms. The van der Waals surface area contributed by atoms with E-state index in [4.69, 9.17) is 0 Å². The van der Waals surface area contributed by atoms with Gasteiger partial charge in [0.1, 0.15) is 23.2 Å². The van der Waals surface area contributed by atoms with E-state index in [1.807, 2.05) is 0 Å². The molecular weight excluding hydrogens is 387 g/mol. The molecule has 0 aromatic heterocycles. The summed E-state index contributed by atoms with van der Waals surface area (Å²) in [5.74, 6) is 0.874. The van der Waals surface area contributed by atoms with Crippen molar-refractivity contribution in [1.29, 1.82) is 0 Å². The van der Waals surface area contributed by atoms with Gasteiger partial charge in [0.15, 0.2) is 0 Å². The predicted molar refractivity (Wildman–Crippen MR) is 107 cm³/mol. The van der Waals surface area contributed by atoms with Crippen molar-refractivity contribution in [3.8, 4) is 0 Å². The lowest BCUT2D eigenvalue weighted by Gasteiger charge is -2.34. The molecule has 0 bridgehead atoms. The minimum Gasteiger partial charge on any atom is -1.00 e. The molecule has 0 radical (unpaired) electrons. The van der Waals surface area contributed by atoms with Crippen LogP contribution in [0, 0.1) is 5.92 Å². The van der Waals surface area contributed by atoms with Gasteiger partial charge < -0.3 is 17.0 Å². The molecule has 0 nitrogen and oxygen atoms in total. The van der Waals surface area contributed by atoms with Gasteiger partial charge in [-0.1, -0.05) is 61.0 Å². The fourth-order valence-corrected chi connectivity index (χ4v) is 8.58. The van der Waals surface area contributed by atoms with Gasteiger partial charge in [0.2, 0.25) is 0 Å². The van der Waals surface area contributed by atoms with Crippen LogP contribution in [0.4, 0.5) is 0 Å². The Bertz CT molecular complexity index is 670. The quantitative estimate of drug-likeness (QED) is 0.562. The van der Waals surface area contributed by atoms with Gasteiger partial charge >= 0.3 is 0 Å². The smallest absolute Gasteiger partial charge is 0.112 e. The molecule has 1 saturated carbocycles. The summed E-state index contributed by atoms with van der Waals surface area (Å²) in [5.41, 5.74) is 0. The van der Waals surface area contributed by atoms with Crippen LogP contribution in [0.1, 0.15) is 19.3 Å². The van der Waals surface area contributed by atoms with E-state index in [1.54, 1.807) is 0 Å². The predicted octanol–water partition coefficient (Wildman–Crippen LogP) is 1.78. The number of hydrogen-bond acceptors (Lipinski definition) is 0. The first kappa shape index (κ1) is 18.4. The van der Waals surface area contributed by atoms with Crippen molar-refractivity contribution >= 4 is 23.2 Å². The van der Waals surface area contributed by atoms with Crippen molar-refractivity contribution in [3.05, 3.63) is 91.0 Å². The number of hydrogen-bond donors (Lipinski definition) is 0. The summed E-state index contributed by atoms with van der Waals surface area (Å²) < 4.78 is 0. The summed E-state index contributed by atoms with van der Waals surface area (Å²) in [5, 5.41) is 4.57. The van der Waals surface area contributed by atoms with Crippen LogP contribution < -0.4 is 32.9 Å². The van der Waals surface area contributed by atoms with Gasteiger partial charge in [0.25, 0.3) is 0 Å². The molecule has 0 amide bonds. The Hall–Kier alpha value is -1.43. The summed E-state index contributed by atoms with van der Waals surface area (Å²) in [6.07, 6.45) is 5.51. The van der Waals surface area contributed by atoms with E-state index in [2.05, 4.69) is 91.0 Å². The van der Waals surface area contributed by atoms with Gasteiger partial charge in [-0.15, -0.1) is 0 Å². The fourth-order valence-electron chi connectivity index (χ4n) is 3.87. The molecule has 3 aromatic carbocycles. The van der Waals surface area contributed by atoms with Crippen LogP contribution in [0.15, 0.2) is 91.0 Å². The van der Waals surface area contributed by atoms with Crippen LogP contribution in [-0.2, 0) is 0 Å². The maximum absolute atomic E-state index is 2.35. The number of halogens is 1. The molecule has 128 valence electrons. The first-order valence-electron chi connectivity index (χ1n) is 8.94.